The number of hydrogen-bond donors (Lipinski definition) is 3. The number of nitrogens with one attached hydrogen (secondary N) is 2. The van der Waals surface area contributed by atoms with Gasteiger partial charge in [-0.1, -0.05) is 18.2 Å². The Balaban J connectivity index is 1.76. The third-order valence-electron chi connectivity index (χ3n) is 3.14. The molecule has 0 spiro atoms. The summed E-state index contributed by atoms with van der Waals surface area (Å²) in [6.45, 7) is 2.38. The number of urea groups is 1. The van der Waals surface area contributed by atoms with Gasteiger partial charge in [0, 0.05) is 37.1 Å². The number of aliphatic hydroxyl groups is 1. The lowest BCUT2D eigenvalue weighted by Gasteiger charge is -2.17. The summed E-state index contributed by atoms with van der Waals surface area (Å²) in [6, 6.07) is 5.41. The quantitative estimate of drug-likeness (QED) is 0.755. The average molecular weight is 306 g/mol. The van der Waals surface area contributed by atoms with Crippen molar-refractivity contribution >= 4 is 6.03 Å². The zero-order valence-corrected chi connectivity index (χ0v) is 12.2. The third kappa shape index (κ3) is 4.56. The summed E-state index contributed by atoms with van der Waals surface area (Å²) in [4.78, 5) is 15.7. The molecule has 0 radical (unpaired) electrons. The molecule has 6 nitrogen and oxygen atoms in total. The molecule has 2 amide bonds. The average Bonchev–Trinajstić information content (AvgIpc) is 2.98. The van der Waals surface area contributed by atoms with Gasteiger partial charge in [0.2, 0.25) is 0 Å². The highest BCUT2D eigenvalue weighted by molar-refractivity contribution is 5.74. The molecule has 0 fully saturated rings. The first-order chi connectivity index (χ1) is 10.6. The lowest BCUT2D eigenvalue weighted by atomic mass is 10.1. The molecule has 0 aliphatic heterocycles. The van der Waals surface area contributed by atoms with Gasteiger partial charge in [-0.25, -0.2) is 14.2 Å². The Kier molecular flexibility index (Phi) is 5.48. The number of benzene rings is 1. The monoisotopic (exact) mass is 306 g/mol. The number of imidazole rings is 1. The van der Waals surface area contributed by atoms with Crippen molar-refractivity contribution in [3.63, 3.8) is 0 Å². The van der Waals surface area contributed by atoms with Gasteiger partial charge in [-0.15, -0.1) is 0 Å². The Morgan fingerprint density at radius 3 is 2.91 bits per heavy atom. The van der Waals surface area contributed by atoms with Crippen LogP contribution in [0.3, 0.4) is 0 Å². The fourth-order valence-corrected chi connectivity index (χ4v) is 2.08. The zero-order valence-electron chi connectivity index (χ0n) is 12.2. The molecule has 0 aliphatic rings. The van der Waals surface area contributed by atoms with E-state index in [1.165, 1.54) is 12.1 Å². The molecule has 0 unspecified atom stereocenters. The van der Waals surface area contributed by atoms with Crippen molar-refractivity contribution < 1.29 is 14.3 Å². The minimum atomic E-state index is -1.09. The molecule has 22 heavy (non-hydrogen) atoms. The number of aromatic nitrogens is 2. The second-order valence-corrected chi connectivity index (χ2v) is 5.05. The van der Waals surface area contributed by atoms with Crippen LogP contribution in [0, 0.1) is 5.82 Å². The van der Waals surface area contributed by atoms with E-state index in [0.29, 0.717) is 6.54 Å². The van der Waals surface area contributed by atoms with Crippen LogP contribution in [0.2, 0.25) is 0 Å². The van der Waals surface area contributed by atoms with Crippen molar-refractivity contribution in [3.8, 4) is 0 Å². The van der Waals surface area contributed by atoms with Gasteiger partial charge in [-0.05, 0) is 13.0 Å². The van der Waals surface area contributed by atoms with Crippen molar-refractivity contribution in [1.29, 1.82) is 0 Å². The third-order valence-corrected chi connectivity index (χ3v) is 3.14. The second kappa shape index (κ2) is 7.56. The number of halogens is 1. The molecule has 1 aromatic carbocycles. The maximum absolute atomic E-state index is 13.5. The molecular weight excluding hydrogens is 287 g/mol. The number of amides is 2. The molecule has 0 saturated carbocycles. The van der Waals surface area contributed by atoms with Crippen molar-refractivity contribution in [2.24, 2.45) is 0 Å². The lowest BCUT2D eigenvalue weighted by Crippen LogP contribution is -2.43. The Labute approximate surface area is 128 Å². The van der Waals surface area contributed by atoms with E-state index in [2.05, 4.69) is 15.6 Å². The van der Waals surface area contributed by atoms with Crippen LogP contribution in [0.25, 0.3) is 0 Å². The van der Waals surface area contributed by atoms with Crippen LogP contribution in [0.4, 0.5) is 9.18 Å². The molecule has 118 valence electrons. The molecule has 0 bridgehead atoms. The van der Waals surface area contributed by atoms with Gasteiger partial charge < -0.3 is 20.3 Å². The molecule has 2 aromatic rings. The van der Waals surface area contributed by atoms with Crippen molar-refractivity contribution in [2.75, 3.05) is 6.54 Å². The van der Waals surface area contributed by atoms with Crippen LogP contribution in [0.15, 0.2) is 43.0 Å². The first kappa shape index (κ1) is 16.0. The van der Waals surface area contributed by atoms with Crippen molar-refractivity contribution in [2.45, 2.75) is 25.6 Å². The zero-order chi connectivity index (χ0) is 15.9. The molecule has 1 aromatic heterocycles. The summed E-state index contributed by atoms with van der Waals surface area (Å²) >= 11 is 0. The summed E-state index contributed by atoms with van der Waals surface area (Å²) in [5, 5.41) is 15.2. The Morgan fingerprint density at radius 2 is 2.23 bits per heavy atom. The largest absolute Gasteiger partial charge is 0.386 e. The molecule has 2 rings (SSSR count). The van der Waals surface area contributed by atoms with Crippen LogP contribution in [-0.4, -0.2) is 33.3 Å². The topological polar surface area (TPSA) is 79.2 Å². The van der Waals surface area contributed by atoms with E-state index in [-0.39, 0.29) is 18.2 Å². The van der Waals surface area contributed by atoms with Crippen LogP contribution < -0.4 is 10.6 Å². The predicted molar refractivity (Wildman–Crippen MR) is 79.6 cm³/mol. The minimum absolute atomic E-state index is 0.0649. The SMILES string of the molecule is C[C@@H](Cn1ccnc1)NC(=O)NC[C@@H](O)c1ccccc1F. The molecule has 3 N–H and O–H groups in total. The number of nitrogens with zero attached hydrogens (tertiary/aromatic N) is 2. The molecule has 1 heterocycles. The van der Waals surface area contributed by atoms with E-state index in [0.717, 1.165) is 0 Å². The molecule has 2 atom stereocenters. The number of hydrogen-bond acceptors (Lipinski definition) is 3. The Bertz CT molecular complexity index is 603. The van der Waals surface area contributed by atoms with Gasteiger partial charge in [0.1, 0.15) is 5.82 Å². The van der Waals surface area contributed by atoms with Gasteiger partial charge >= 0.3 is 6.03 Å². The van der Waals surface area contributed by atoms with Gasteiger partial charge in [0.15, 0.2) is 0 Å². The highest BCUT2D eigenvalue weighted by Crippen LogP contribution is 2.15. The smallest absolute Gasteiger partial charge is 0.315 e. The van der Waals surface area contributed by atoms with E-state index in [1.807, 2.05) is 11.5 Å². The minimum Gasteiger partial charge on any atom is -0.386 e. The standard InChI is InChI=1S/C15H19FN4O2/c1-11(9-20-7-6-17-10-20)19-15(22)18-8-14(21)12-4-2-3-5-13(12)16/h2-7,10-11,14,21H,8-9H2,1H3,(H2,18,19,22)/t11-,14+/m0/s1. The highest BCUT2D eigenvalue weighted by atomic mass is 19.1. The molecule has 0 saturated heterocycles. The molecule has 7 heteroatoms. The van der Waals surface area contributed by atoms with Gasteiger partial charge in [0.05, 0.1) is 12.4 Å². The number of aliphatic hydroxyl groups excluding tert-OH is 1. The summed E-state index contributed by atoms with van der Waals surface area (Å²) in [5.41, 5.74) is 0.161. The van der Waals surface area contributed by atoms with Crippen LogP contribution >= 0.6 is 0 Å². The summed E-state index contributed by atoms with van der Waals surface area (Å²) < 4.78 is 15.3. The lowest BCUT2D eigenvalue weighted by molar-refractivity contribution is 0.168. The summed E-state index contributed by atoms with van der Waals surface area (Å²) in [5.74, 6) is -0.495. The maximum Gasteiger partial charge on any atom is 0.315 e. The summed E-state index contributed by atoms with van der Waals surface area (Å²) in [7, 11) is 0. The van der Waals surface area contributed by atoms with Gasteiger partial charge in [0.25, 0.3) is 0 Å². The van der Waals surface area contributed by atoms with Crippen molar-refractivity contribution in [1.82, 2.24) is 20.2 Å². The van der Waals surface area contributed by atoms with E-state index < -0.39 is 18.0 Å². The summed E-state index contributed by atoms with van der Waals surface area (Å²) in [6.07, 6.45) is 4.05. The van der Waals surface area contributed by atoms with Crippen LogP contribution in [0.1, 0.15) is 18.6 Å². The number of carbonyl (C=O) groups excluding carboxylic acids is 1. The normalized spacial score (nSPS) is 13.4. The van der Waals surface area contributed by atoms with Crippen LogP contribution in [0.5, 0.6) is 0 Å². The van der Waals surface area contributed by atoms with E-state index in [4.69, 9.17) is 0 Å². The molecule has 0 aliphatic carbocycles. The van der Waals surface area contributed by atoms with E-state index >= 15 is 0 Å². The fourth-order valence-electron chi connectivity index (χ4n) is 2.08. The predicted octanol–water partition coefficient (Wildman–Crippen LogP) is 1.44. The van der Waals surface area contributed by atoms with Crippen LogP contribution in [-0.2, 0) is 6.54 Å². The Hall–Kier alpha value is -2.41. The van der Waals surface area contributed by atoms with Gasteiger partial charge in [-0.3, -0.25) is 0 Å². The first-order valence-electron chi connectivity index (χ1n) is 6.99. The first-order valence-corrected chi connectivity index (χ1v) is 6.99. The fraction of sp³-hybridized carbons (Fsp3) is 0.333. The second-order valence-electron chi connectivity index (χ2n) is 5.05. The van der Waals surface area contributed by atoms with Gasteiger partial charge in [-0.2, -0.15) is 0 Å². The van der Waals surface area contributed by atoms with E-state index in [9.17, 15) is 14.3 Å². The highest BCUT2D eigenvalue weighted by Gasteiger charge is 2.14. The number of carbonyl (C=O) groups is 1. The Morgan fingerprint density at radius 1 is 1.45 bits per heavy atom. The maximum atomic E-state index is 13.5. The van der Waals surface area contributed by atoms with E-state index in [1.54, 1.807) is 30.9 Å². The molecular formula is C15H19FN4O2. The van der Waals surface area contributed by atoms with Crippen molar-refractivity contribution in [3.05, 3.63) is 54.4 Å². The number of rotatable bonds is 6.